The first-order valence-corrected chi connectivity index (χ1v) is 9.99. The molecule has 7 nitrogen and oxygen atoms in total. The maximum absolute atomic E-state index is 12.4. The minimum Gasteiger partial charge on any atom is -0.355 e. The van der Waals surface area contributed by atoms with Crippen LogP contribution >= 0.6 is 0 Å². The Kier molecular flexibility index (Phi) is 6.18. The molecule has 25 heavy (non-hydrogen) atoms. The number of hydrogen-bond donors (Lipinski definition) is 1. The van der Waals surface area contributed by atoms with E-state index in [0.29, 0.717) is 18.5 Å². The number of nitrogens with one attached hydrogen (secondary N) is 1. The Labute approximate surface area is 148 Å². The molecule has 8 heteroatoms. The summed E-state index contributed by atoms with van der Waals surface area (Å²) < 4.78 is 23.1. The highest BCUT2D eigenvalue weighted by Gasteiger charge is 2.32. The highest BCUT2D eigenvalue weighted by atomic mass is 32.2. The summed E-state index contributed by atoms with van der Waals surface area (Å²) in [6, 6.07) is 6.99. The zero-order valence-corrected chi connectivity index (χ0v) is 15.7. The maximum Gasteiger partial charge on any atom is 0.251 e. The number of nitrogens with zero attached hydrogens (tertiary/aromatic N) is 2. The van der Waals surface area contributed by atoms with Gasteiger partial charge in [0.15, 0.2) is 9.84 Å². The normalized spacial score (nSPS) is 19.0. The molecule has 1 fully saturated rings. The van der Waals surface area contributed by atoms with Gasteiger partial charge in [-0.15, -0.1) is 0 Å². The molecular formula is C17H25N3O4S. The van der Waals surface area contributed by atoms with Crippen LogP contribution in [-0.4, -0.2) is 75.3 Å². The predicted molar refractivity (Wildman–Crippen MR) is 96.0 cm³/mol. The van der Waals surface area contributed by atoms with Gasteiger partial charge in [0, 0.05) is 32.2 Å². The van der Waals surface area contributed by atoms with Crippen LogP contribution in [0.2, 0.25) is 0 Å². The lowest BCUT2D eigenvalue weighted by Crippen LogP contribution is -2.42. The van der Waals surface area contributed by atoms with Gasteiger partial charge in [-0.3, -0.25) is 14.5 Å². The molecule has 2 rings (SSSR count). The molecule has 1 atom stereocenters. The number of carbonyl (C=O) groups is 2. The van der Waals surface area contributed by atoms with Crippen LogP contribution in [0, 0.1) is 0 Å². The van der Waals surface area contributed by atoms with Gasteiger partial charge in [0.2, 0.25) is 5.91 Å². The quantitative estimate of drug-likeness (QED) is 0.772. The Morgan fingerprint density at radius 3 is 2.36 bits per heavy atom. The standard InChI is InChI=1S/C17H25N3O4S/c1-18-17(22)14-6-4-13(5-7-14)10-19(2)11-16(21)20(3)15-8-9-25(23,24)12-15/h4-7,15H,8-12H2,1-3H3,(H,18,22)/t15-/m1/s1. The summed E-state index contributed by atoms with van der Waals surface area (Å²) in [5, 5.41) is 2.57. The van der Waals surface area contributed by atoms with Crippen molar-refractivity contribution in [3.8, 4) is 0 Å². The third-order valence-electron chi connectivity index (χ3n) is 4.45. The van der Waals surface area contributed by atoms with Crippen molar-refractivity contribution in [2.75, 3.05) is 39.2 Å². The van der Waals surface area contributed by atoms with Crippen LogP contribution in [0.25, 0.3) is 0 Å². The molecule has 1 aromatic rings. The Balaban J connectivity index is 1.88. The fraction of sp³-hybridized carbons (Fsp3) is 0.529. The Morgan fingerprint density at radius 2 is 1.84 bits per heavy atom. The molecule has 1 N–H and O–H groups in total. The summed E-state index contributed by atoms with van der Waals surface area (Å²) in [7, 11) is 2.08. The van der Waals surface area contributed by atoms with Gasteiger partial charge in [-0.2, -0.15) is 0 Å². The van der Waals surface area contributed by atoms with E-state index in [1.165, 1.54) is 0 Å². The summed E-state index contributed by atoms with van der Waals surface area (Å²) in [6.45, 7) is 0.779. The Hall–Kier alpha value is -1.93. The van der Waals surface area contributed by atoms with E-state index in [-0.39, 0.29) is 35.9 Å². The van der Waals surface area contributed by atoms with Gasteiger partial charge >= 0.3 is 0 Å². The molecule has 0 unspecified atom stereocenters. The third kappa shape index (κ3) is 5.27. The van der Waals surface area contributed by atoms with Crippen LogP contribution < -0.4 is 5.32 Å². The summed E-state index contributed by atoms with van der Waals surface area (Å²) in [5.41, 5.74) is 1.58. The van der Waals surface area contributed by atoms with E-state index >= 15 is 0 Å². The van der Waals surface area contributed by atoms with E-state index in [4.69, 9.17) is 0 Å². The van der Waals surface area contributed by atoms with E-state index < -0.39 is 9.84 Å². The lowest BCUT2D eigenvalue weighted by Gasteiger charge is -2.26. The van der Waals surface area contributed by atoms with Gasteiger partial charge in [-0.25, -0.2) is 8.42 Å². The topological polar surface area (TPSA) is 86.8 Å². The number of rotatable bonds is 6. The highest BCUT2D eigenvalue weighted by molar-refractivity contribution is 7.91. The summed E-state index contributed by atoms with van der Waals surface area (Å²) in [6.07, 6.45) is 0.509. The highest BCUT2D eigenvalue weighted by Crippen LogP contribution is 2.17. The average molecular weight is 367 g/mol. The van der Waals surface area contributed by atoms with E-state index in [9.17, 15) is 18.0 Å². The van der Waals surface area contributed by atoms with Crippen molar-refractivity contribution >= 4 is 21.7 Å². The van der Waals surface area contributed by atoms with Crippen molar-refractivity contribution in [1.29, 1.82) is 0 Å². The zero-order valence-electron chi connectivity index (χ0n) is 14.9. The molecule has 1 aromatic carbocycles. The van der Waals surface area contributed by atoms with Gasteiger partial charge in [0.1, 0.15) is 0 Å². The largest absolute Gasteiger partial charge is 0.355 e. The maximum atomic E-state index is 12.4. The zero-order chi connectivity index (χ0) is 18.6. The lowest BCUT2D eigenvalue weighted by molar-refractivity contribution is -0.132. The van der Waals surface area contributed by atoms with E-state index in [2.05, 4.69) is 5.32 Å². The number of benzene rings is 1. The molecule has 2 amide bonds. The summed E-state index contributed by atoms with van der Waals surface area (Å²) in [4.78, 5) is 27.3. The number of likely N-dealkylation sites (N-methyl/N-ethyl adjacent to an activating group) is 2. The van der Waals surface area contributed by atoms with Crippen molar-refractivity contribution in [2.24, 2.45) is 0 Å². The number of carbonyl (C=O) groups excluding carboxylic acids is 2. The first-order chi connectivity index (χ1) is 11.7. The van der Waals surface area contributed by atoms with Crippen LogP contribution in [0.4, 0.5) is 0 Å². The first-order valence-electron chi connectivity index (χ1n) is 8.17. The molecule has 1 saturated heterocycles. The summed E-state index contributed by atoms with van der Waals surface area (Å²) >= 11 is 0. The SMILES string of the molecule is CNC(=O)c1ccc(CN(C)CC(=O)N(C)[C@@H]2CCS(=O)(=O)C2)cc1. The van der Waals surface area contributed by atoms with Crippen LogP contribution in [0.5, 0.6) is 0 Å². The smallest absolute Gasteiger partial charge is 0.251 e. The Bertz CT molecular complexity index is 731. The monoisotopic (exact) mass is 367 g/mol. The first kappa shape index (κ1) is 19.4. The van der Waals surface area contributed by atoms with Crippen molar-refractivity contribution in [3.05, 3.63) is 35.4 Å². The van der Waals surface area contributed by atoms with Crippen LogP contribution in [0.15, 0.2) is 24.3 Å². The average Bonchev–Trinajstić information content (AvgIpc) is 2.93. The minimum atomic E-state index is -3.00. The molecule has 0 spiro atoms. The molecule has 1 aliphatic heterocycles. The second-order valence-corrected chi connectivity index (χ2v) is 8.74. The van der Waals surface area contributed by atoms with Gasteiger partial charge in [-0.05, 0) is 31.2 Å². The second kappa shape index (κ2) is 7.97. The summed E-state index contributed by atoms with van der Waals surface area (Å²) in [5.74, 6) is -0.0160. The van der Waals surface area contributed by atoms with E-state index in [1.54, 1.807) is 31.1 Å². The van der Waals surface area contributed by atoms with Crippen molar-refractivity contribution in [3.63, 3.8) is 0 Å². The van der Waals surface area contributed by atoms with Gasteiger partial charge in [-0.1, -0.05) is 12.1 Å². The van der Waals surface area contributed by atoms with Crippen LogP contribution in [0.3, 0.4) is 0 Å². The van der Waals surface area contributed by atoms with Gasteiger partial charge in [0.05, 0.1) is 18.1 Å². The number of hydrogen-bond acceptors (Lipinski definition) is 5. The van der Waals surface area contributed by atoms with Crippen molar-refractivity contribution in [1.82, 2.24) is 15.1 Å². The molecule has 0 saturated carbocycles. The van der Waals surface area contributed by atoms with E-state index in [1.807, 2.05) is 24.1 Å². The molecule has 1 aliphatic rings. The van der Waals surface area contributed by atoms with E-state index in [0.717, 1.165) is 5.56 Å². The number of amides is 2. The second-order valence-electron chi connectivity index (χ2n) is 6.51. The van der Waals surface area contributed by atoms with Crippen LogP contribution in [0.1, 0.15) is 22.3 Å². The fourth-order valence-electron chi connectivity index (χ4n) is 2.90. The molecule has 0 aliphatic carbocycles. The molecule has 0 bridgehead atoms. The molecular weight excluding hydrogens is 342 g/mol. The molecule has 138 valence electrons. The fourth-order valence-corrected chi connectivity index (χ4v) is 4.67. The Morgan fingerprint density at radius 1 is 1.20 bits per heavy atom. The van der Waals surface area contributed by atoms with Crippen LogP contribution in [-0.2, 0) is 21.2 Å². The molecule has 0 radical (unpaired) electrons. The third-order valence-corrected chi connectivity index (χ3v) is 6.20. The van der Waals surface area contributed by atoms with Gasteiger partial charge < -0.3 is 10.2 Å². The molecule has 1 heterocycles. The minimum absolute atomic E-state index is 0.0555. The van der Waals surface area contributed by atoms with Crippen molar-refractivity contribution in [2.45, 2.75) is 19.0 Å². The predicted octanol–water partition coefficient (Wildman–Crippen LogP) is 0.124. The van der Waals surface area contributed by atoms with Crippen molar-refractivity contribution < 1.29 is 18.0 Å². The lowest BCUT2D eigenvalue weighted by atomic mass is 10.1. The van der Waals surface area contributed by atoms with Gasteiger partial charge in [0.25, 0.3) is 5.91 Å². The molecule has 0 aromatic heterocycles. The number of sulfone groups is 1.